The third-order valence-electron chi connectivity index (χ3n) is 6.12. The van der Waals surface area contributed by atoms with Gasteiger partial charge in [0.15, 0.2) is 0 Å². The molecule has 6 nitrogen and oxygen atoms in total. The van der Waals surface area contributed by atoms with Crippen LogP contribution in [-0.4, -0.2) is 47.9 Å². The first kappa shape index (κ1) is 16.5. The molecule has 0 spiro atoms. The number of pyridine rings is 2. The van der Waals surface area contributed by atoms with Gasteiger partial charge in [0, 0.05) is 36.8 Å². The van der Waals surface area contributed by atoms with Gasteiger partial charge in [0.1, 0.15) is 5.52 Å². The summed E-state index contributed by atoms with van der Waals surface area (Å²) >= 11 is 0. The first-order valence-corrected chi connectivity index (χ1v) is 9.06. The van der Waals surface area contributed by atoms with E-state index in [-0.39, 0.29) is 18.1 Å². The lowest BCUT2D eigenvalue weighted by molar-refractivity contribution is 0.00617. The van der Waals surface area contributed by atoms with E-state index in [2.05, 4.69) is 14.9 Å². The molecule has 3 heterocycles. The third kappa shape index (κ3) is 2.83. The molecule has 2 fully saturated rings. The SMILES string of the molecule is COc1ccc2nccc(N3CC[C@H]4C[C@@H](N)CC[C@]4(CO)C3)c2n1. The van der Waals surface area contributed by atoms with Crippen LogP contribution < -0.4 is 15.4 Å². The number of hydrogen-bond acceptors (Lipinski definition) is 6. The Balaban J connectivity index is 1.70. The van der Waals surface area contributed by atoms with E-state index in [0.717, 1.165) is 55.5 Å². The van der Waals surface area contributed by atoms with Crippen molar-refractivity contribution < 1.29 is 9.84 Å². The van der Waals surface area contributed by atoms with Gasteiger partial charge >= 0.3 is 0 Å². The van der Waals surface area contributed by atoms with Crippen molar-refractivity contribution in [1.29, 1.82) is 0 Å². The fraction of sp³-hybridized carbons (Fsp3) is 0.579. The predicted molar refractivity (Wildman–Crippen MR) is 97.8 cm³/mol. The van der Waals surface area contributed by atoms with E-state index >= 15 is 0 Å². The molecule has 3 N–H and O–H groups in total. The van der Waals surface area contributed by atoms with Gasteiger partial charge < -0.3 is 20.5 Å². The molecule has 2 aliphatic rings. The number of ether oxygens (including phenoxy) is 1. The number of aromatic nitrogens is 2. The van der Waals surface area contributed by atoms with Crippen LogP contribution in [0.3, 0.4) is 0 Å². The Morgan fingerprint density at radius 3 is 3.04 bits per heavy atom. The number of piperidine rings is 1. The van der Waals surface area contributed by atoms with Gasteiger partial charge in [-0.2, -0.15) is 0 Å². The highest BCUT2D eigenvalue weighted by Gasteiger charge is 2.46. The maximum atomic E-state index is 10.2. The summed E-state index contributed by atoms with van der Waals surface area (Å²) < 4.78 is 5.29. The zero-order chi connectivity index (χ0) is 17.4. The Hall–Kier alpha value is -1.92. The second kappa shape index (κ2) is 6.42. The number of hydrogen-bond donors (Lipinski definition) is 2. The van der Waals surface area contributed by atoms with Gasteiger partial charge in [-0.1, -0.05) is 0 Å². The van der Waals surface area contributed by atoms with Gasteiger partial charge in [-0.05, 0) is 43.7 Å². The van der Waals surface area contributed by atoms with Gasteiger partial charge in [-0.15, -0.1) is 0 Å². The molecule has 0 amide bonds. The van der Waals surface area contributed by atoms with Gasteiger partial charge in [0.25, 0.3) is 0 Å². The van der Waals surface area contributed by atoms with Gasteiger partial charge in [0.2, 0.25) is 5.88 Å². The Labute approximate surface area is 148 Å². The number of anilines is 1. The second-order valence-electron chi connectivity index (χ2n) is 7.51. The fourth-order valence-electron chi connectivity index (χ4n) is 4.64. The Kier molecular flexibility index (Phi) is 4.25. The van der Waals surface area contributed by atoms with E-state index in [4.69, 9.17) is 10.5 Å². The van der Waals surface area contributed by atoms with Crippen LogP contribution in [0.25, 0.3) is 11.0 Å². The van der Waals surface area contributed by atoms with Crippen LogP contribution in [0.5, 0.6) is 5.88 Å². The molecule has 1 saturated carbocycles. The number of aliphatic hydroxyl groups excluding tert-OH is 1. The van der Waals surface area contributed by atoms with Crippen molar-refractivity contribution in [1.82, 2.24) is 9.97 Å². The monoisotopic (exact) mass is 342 g/mol. The predicted octanol–water partition coefficient (Wildman–Crippen LogP) is 1.95. The summed E-state index contributed by atoms with van der Waals surface area (Å²) in [6.45, 7) is 2.02. The molecule has 6 heteroatoms. The van der Waals surface area contributed by atoms with E-state index in [9.17, 15) is 5.11 Å². The highest BCUT2D eigenvalue weighted by atomic mass is 16.5. The van der Waals surface area contributed by atoms with Crippen LogP contribution in [0.2, 0.25) is 0 Å². The molecule has 1 saturated heterocycles. The van der Waals surface area contributed by atoms with Gasteiger partial charge in [-0.3, -0.25) is 4.98 Å². The lowest BCUT2D eigenvalue weighted by atomic mass is 9.62. The molecule has 4 rings (SSSR count). The van der Waals surface area contributed by atoms with E-state index < -0.39 is 0 Å². The highest BCUT2D eigenvalue weighted by molar-refractivity contribution is 5.88. The topological polar surface area (TPSA) is 84.5 Å². The molecule has 1 aliphatic carbocycles. The lowest BCUT2D eigenvalue weighted by Gasteiger charge is -2.52. The largest absolute Gasteiger partial charge is 0.481 e. The van der Waals surface area contributed by atoms with E-state index in [1.807, 2.05) is 24.4 Å². The summed E-state index contributed by atoms with van der Waals surface area (Å²) in [5.41, 5.74) is 8.93. The lowest BCUT2D eigenvalue weighted by Crippen LogP contribution is -2.55. The summed E-state index contributed by atoms with van der Waals surface area (Å²) in [6, 6.07) is 6.08. The second-order valence-corrected chi connectivity index (χ2v) is 7.51. The zero-order valence-corrected chi connectivity index (χ0v) is 14.7. The average Bonchev–Trinajstić information content (AvgIpc) is 2.66. The zero-order valence-electron chi connectivity index (χ0n) is 14.7. The molecule has 25 heavy (non-hydrogen) atoms. The quantitative estimate of drug-likeness (QED) is 0.887. The van der Waals surface area contributed by atoms with Crippen molar-refractivity contribution in [2.24, 2.45) is 17.1 Å². The average molecular weight is 342 g/mol. The molecule has 0 radical (unpaired) electrons. The summed E-state index contributed by atoms with van der Waals surface area (Å²) in [7, 11) is 1.63. The first-order chi connectivity index (χ1) is 12.1. The van der Waals surface area contributed by atoms with Crippen molar-refractivity contribution in [3.8, 4) is 5.88 Å². The molecule has 2 aromatic rings. The molecule has 3 atom stereocenters. The van der Waals surface area contributed by atoms with Crippen molar-refractivity contribution in [3.05, 3.63) is 24.4 Å². The first-order valence-electron chi connectivity index (χ1n) is 9.06. The molecule has 0 aromatic carbocycles. The minimum atomic E-state index is -0.0530. The van der Waals surface area contributed by atoms with Crippen LogP contribution >= 0.6 is 0 Å². The van der Waals surface area contributed by atoms with Crippen LogP contribution in [-0.2, 0) is 0 Å². The number of nitrogens with zero attached hydrogens (tertiary/aromatic N) is 3. The van der Waals surface area contributed by atoms with Crippen molar-refractivity contribution in [2.75, 3.05) is 31.7 Å². The smallest absolute Gasteiger partial charge is 0.213 e. The molecule has 1 aliphatic heterocycles. The molecule has 0 bridgehead atoms. The van der Waals surface area contributed by atoms with Gasteiger partial charge in [0.05, 0.1) is 24.9 Å². The van der Waals surface area contributed by atoms with Crippen LogP contribution in [0.4, 0.5) is 5.69 Å². The van der Waals surface area contributed by atoms with E-state index in [1.54, 1.807) is 7.11 Å². The maximum Gasteiger partial charge on any atom is 0.213 e. The molecule has 134 valence electrons. The third-order valence-corrected chi connectivity index (χ3v) is 6.12. The molecular formula is C19H26N4O2. The Morgan fingerprint density at radius 1 is 1.36 bits per heavy atom. The summed E-state index contributed by atoms with van der Waals surface area (Å²) in [6.07, 6.45) is 5.90. The number of fused-ring (bicyclic) bond motifs is 2. The number of nitrogens with two attached hydrogens (primary N) is 1. The van der Waals surface area contributed by atoms with Crippen molar-refractivity contribution >= 4 is 16.7 Å². The maximum absolute atomic E-state index is 10.2. The van der Waals surface area contributed by atoms with Crippen molar-refractivity contribution in [2.45, 2.75) is 31.7 Å². The summed E-state index contributed by atoms with van der Waals surface area (Å²) in [5, 5.41) is 10.2. The van der Waals surface area contributed by atoms with Gasteiger partial charge in [-0.25, -0.2) is 4.98 Å². The summed E-state index contributed by atoms with van der Waals surface area (Å²) in [5.74, 6) is 1.10. The number of rotatable bonds is 3. The Bertz CT molecular complexity index is 768. The molecular weight excluding hydrogens is 316 g/mol. The minimum absolute atomic E-state index is 0.0530. The molecule has 0 unspecified atom stereocenters. The number of methoxy groups -OCH3 is 1. The van der Waals surface area contributed by atoms with Crippen molar-refractivity contribution in [3.63, 3.8) is 0 Å². The number of aliphatic hydroxyl groups is 1. The van der Waals surface area contributed by atoms with Crippen LogP contribution in [0, 0.1) is 11.3 Å². The highest BCUT2D eigenvalue weighted by Crippen LogP contribution is 2.47. The van der Waals surface area contributed by atoms with Crippen LogP contribution in [0.1, 0.15) is 25.7 Å². The Morgan fingerprint density at radius 2 is 2.24 bits per heavy atom. The van der Waals surface area contributed by atoms with E-state index in [0.29, 0.717) is 11.8 Å². The standard InChI is InChI=1S/C19H26N4O2/c1-25-17-3-2-15-18(22-17)16(5-8-21-15)23-9-6-13-10-14(20)4-7-19(13,11-23)12-24/h2-3,5,8,13-14,24H,4,6-7,9-12,20H2,1H3/t13-,14-,19+/m0/s1. The summed E-state index contributed by atoms with van der Waals surface area (Å²) in [4.78, 5) is 11.4. The van der Waals surface area contributed by atoms with Crippen LogP contribution in [0.15, 0.2) is 24.4 Å². The normalized spacial score (nSPS) is 29.5. The fourth-order valence-corrected chi connectivity index (χ4v) is 4.64. The van der Waals surface area contributed by atoms with E-state index in [1.165, 1.54) is 0 Å². The minimum Gasteiger partial charge on any atom is -0.481 e. The molecule has 2 aromatic heterocycles.